The van der Waals surface area contributed by atoms with Crippen LogP contribution in [0.1, 0.15) is 21.0 Å². The van der Waals surface area contributed by atoms with Gasteiger partial charge >= 0.3 is 11.9 Å². The zero-order chi connectivity index (χ0) is 12.1. The van der Waals surface area contributed by atoms with E-state index in [2.05, 4.69) is 20.0 Å². The van der Waals surface area contributed by atoms with Crippen molar-refractivity contribution in [1.82, 2.24) is 15.3 Å². The van der Waals surface area contributed by atoms with Crippen LogP contribution < -0.4 is 5.32 Å². The van der Waals surface area contributed by atoms with Gasteiger partial charge in [-0.1, -0.05) is 0 Å². The number of carboxylic acids is 1. The van der Waals surface area contributed by atoms with Gasteiger partial charge in [0.2, 0.25) is 0 Å². The second kappa shape index (κ2) is 4.91. The van der Waals surface area contributed by atoms with E-state index >= 15 is 0 Å². The largest absolute Gasteiger partial charge is 0.477 e. The Morgan fingerprint density at radius 2 is 2.25 bits per heavy atom. The Labute approximate surface area is 89.6 Å². The molecule has 8 heteroatoms. The molecule has 1 aromatic heterocycles. The van der Waals surface area contributed by atoms with Crippen LogP contribution in [0.4, 0.5) is 0 Å². The number of rotatable bonds is 4. The van der Waals surface area contributed by atoms with Crippen LogP contribution in [-0.2, 0) is 9.53 Å². The SMILES string of the molecule is COC(=O)CNC(=O)c1nc[nH]c1C(=O)O. The molecule has 1 heterocycles. The number of carboxylic acid groups (broad SMARTS) is 1. The minimum absolute atomic E-state index is 0.281. The molecule has 0 aliphatic heterocycles. The van der Waals surface area contributed by atoms with Crippen molar-refractivity contribution in [1.29, 1.82) is 0 Å². The minimum Gasteiger partial charge on any atom is -0.477 e. The van der Waals surface area contributed by atoms with Crippen LogP contribution in [-0.4, -0.2) is 46.6 Å². The number of methoxy groups -OCH3 is 1. The summed E-state index contributed by atoms with van der Waals surface area (Å²) in [4.78, 5) is 38.6. The van der Waals surface area contributed by atoms with Gasteiger partial charge in [-0.3, -0.25) is 9.59 Å². The zero-order valence-electron chi connectivity index (χ0n) is 8.31. The van der Waals surface area contributed by atoms with Crippen LogP contribution in [0.2, 0.25) is 0 Å². The molecule has 0 fully saturated rings. The van der Waals surface area contributed by atoms with Gasteiger partial charge in [-0.2, -0.15) is 0 Å². The Balaban J connectivity index is 2.70. The summed E-state index contributed by atoms with van der Waals surface area (Å²) in [6, 6.07) is 0. The monoisotopic (exact) mass is 227 g/mol. The molecule has 8 nitrogen and oxygen atoms in total. The van der Waals surface area contributed by atoms with Crippen LogP contribution in [0, 0.1) is 0 Å². The summed E-state index contributed by atoms with van der Waals surface area (Å²) in [5.41, 5.74) is -0.612. The first kappa shape index (κ1) is 11.7. The molecule has 0 saturated heterocycles. The zero-order valence-corrected chi connectivity index (χ0v) is 8.31. The lowest BCUT2D eigenvalue weighted by Gasteiger charge is -2.01. The Morgan fingerprint density at radius 3 is 2.81 bits per heavy atom. The molecule has 86 valence electrons. The van der Waals surface area contributed by atoms with E-state index in [0.29, 0.717) is 0 Å². The maximum Gasteiger partial charge on any atom is 0.354 e. The molecule has 0 aliphatic rings. The fourth-order valence-electron chi connectivity index (χ4n) is 0.938. The van der Waals surface area contributed by atoms with Gasteiger partial charge in [0.05, 0.1) is 13.4 Å². The predicted molar refractivity (Wildman–Crippen MR) is 49.9 cm³/mol. The second-order valence-corrected chi connectivity index (χ2v) is 2.69. The van der Waals surface area contributed by atoms with Gasteiger partial charge in [0.25, 0.3) is 5.91 Å². The molecule has 1 aromatic rings. The Bertz CT molecular complexity index is 425. The number of esters is 1. The van der Waals surface area contributed by atoms with E-state index in [0.717, 1.165) is 6.33 Å². The smallest absolute Gasteiger partial charge is 0.354 e. The Kier molecular flexibility index (Phi) is 3.59. The average Bonchev–Trinajstić information content (AvgIpc) is 2.74. The average molecular weight is 227 g/mol. The second-order valence-electron chi connectivity index (χ2n) is 2.69. The summed E-state index contributed by atoms with van der Waals surface area (Å²) in [6.45, 7) is -0.346. The third kappa shape index (κ3) is 2.56. The summed E-state index contributed by atoms with van der Waals surface area (Å²) in [5.74, 6) is -2.70. The van der Waals surface area contributed by atoms with Crippen LogP contribution in [0.25, 0.3) is 0 Å². The fourth-order valence-corrected chi connectivity index (χ4v) is 0.938. The first-order valence-electron chi connectivity index (χ1n) is 4.18. The van der Waals surface area contributed by atoms with Crippen molar-refractivity contribution in [2.24, 2.45) is 0 Å². The number of carbonyl (C=O) groups excluding carboxylic acids is 2. The van der Waals surface area contributed by atoms with E-state index in [1.165, 1.54) is 7.11 Å². The molecule has 0 radical (unpaired) electrons. The highest BCUT2D eigenvalue weighted by atomic mass is 16.5. The summed E-state index contributed by atoms with van der Waals surface area (Å²) in [6.07, 6.45) is 1.08. The first-order chi connectivity index (χ1) is 7.56. The number of aromatic amines is 1. The highest BCUT2D eigenvalue weighted by molar-refractivity contribution is 6.02. The Hall–Kier alpha value is -2.38. The van der Waals surface area contributed by atoms with Crippen LogP contribution in [0.15, 0.2) is 6.33 Å². The van der Waals surface area contributed by atoms with Crippen molar-refractivity contribution in [3.8, 4) is 0 Å². The molecule has 0 spiro atoms. The van der Waals surface area contributed by atoms with E-state index in [1.54, 1.807) is 0 Å². The number of aromatic nitrogens is 2. The van der Waals surface area contributed by atoms with E-state index < -0.39 is 17.8 Å². The third-order valence-corrected chi connectivity index (χ3v) is 1.69. The van der Waals surface area contributed by atoms with Crippen molar-refractivity contribution < 1.29 is 24.2 Å². The van der Waals surface area contributed by atoms with Crippen molar-refractivity contribution >= 4 is 17.8 Å². The van der Waals surface area contributed by atoms with Crippen molar-refractivity contribution in [2.75, 3.05) is 13.7 Å². The van der Waals surface area contributed by atoms with E-state index in [1.807, 2.05) is 0 Å². The van der Waals surface area contributed by atoms with Gasteiger partial charge in [-0.25, -0.2) is 9.78 Å². The molecule has 0 bridgehead atoms. The number of ether oxygens (including phenoxy) is 1. The van der Waals surface area contributed by atoms with Gasteiger partial charge in [0, 0.05) is 0 Å². The fraction of sp³-hybridized carbons (Fsp3) is 0.250. The summed E-state index contributed by atoms with van der Waals surface area (Å²) >= 11 is 0. The van der Waals surface area contributed by atoms with Crippen LogP contribution >= 0.6 is 0 Å². The molecule has 1 rings (SSSR count). The molecular weight excluding hydrogens is 218 g/mol. The summed E-state index contributed by atoms with van der Waals surface area (Å²) in [5, 5.41) is 10.9. The highest BCUT2D eigenvalue weighted by Crippen LogP contribution is 2.01. The van der Waals surface area contributed by atoms with Crippen molar-refractivity contribution in [3.05, 3.63) is 17.7 Å². The molecule has 0 atom stereocenters. The van der Waals surface area contributed by atoms with Crippen LogP contribution in [0.5, 0.6) is 0 Å². The third-order valence-electron chi connectivity index (χ3n) is 1.69. The molecular formula is C8H9N3O5. The number of nitrogens with one attached hydrogen (secondary N) is 2. The van der Waals surface area contributed by atoms with Crippen LogP contribution in [0.3, 0.4) is 0 Å². The molecule has 0 unspecified atom stereocenters. The number of carbonyl (C=O) groups is 3. The number of nitrogens with zero attached hydrogens (tertiary/aromatic N) is 1. The molecule has 16 heavy (non-hydrogen) atoms. The number of hydrogen-bond acceptors (Lipinski definition) is 5. The molecule has 1 amide bonds. The quantitative estimate of drug-likeness (QED) is 0.568. The number of aromatic carboxylic acids is 1. The summed E-state index contributed by atoms with van der Waals surface area (Å²) in [7, 11) is 1.17. The lowest BCUT2D eigenvalue weighted by molar-refractivity contribution is -0.139. The van der Waals surface area contributed by atoms with Crippen molar-refractivity contribution in [3.63, 3.8) is 0 Å². The maximum atomic E-state index is 11.4. The number of hydrogen-bond donors (Lipinski definition) is 3. The first-order valence-corrected chi connectivity index (χ1v) is 4.18. The molecule has 0 saturated carbocycles. The normalized spacial score (nSPS) is 9.56. The van der Waals surface area contributed by atoms with Gasteiger partial charge in [0.1, 0.15) is 6.54 Å². The van der Waals surface area contributed by atoms with Gasteiger partial charge in [-0.15, -0.1) is 0 Å². The van der Waals surface area contributed by atoms with E-state index in [4.69, 9.17) is 5.11 Å². The van der Waals surface area contributed by atoms with Gasteiger partial charge < -0.3 is 20.1 Å². The van der Waals surface area contributed by atoms with Gasteiger partial charge in [0.15, 0.2) is 11.4 Å². The molecule has 0 aliphatic carbocycles. The van der Waals surface area contributed by atoms with E-state index in [-0.39, 0.29) is 17.9 Å². The highest BCUT2D eigenvalue weighted by Gasteiger charge is 2.19. The maximum absolute atomic E-state index is 11.4. The minimum atomic E-state index is -1.30. The standard InChI is InChI=1S/C8H9N3O5/c1-16-4(12)2-9-7(13)5-6(8(14)15)11-3-10-5/h3H,2H2,1H3,(H,9,13)(H,10,11)(H,14,15). The number of imidazole rings is 1. The molecule has 3 N–H and O–H groups in total. The number of amides is 1. The lowest BCUT2D eigenvalue weighted by atomic mass is 10.3. The lowest BCUT2D eigenvalue weighted by Crippen LogP contribution is -2.31. The number of H-pyrrole nitrogens is 1. The van der Waals surface area contributed by atoms with E-state index in [9.17, 15) is 14.4 Å². The van der Waals surface area contributed by atoms with Crippen molar-refractivity contribution in [2.45, 2.75) is 0 Å². The topological polar surface area (TPSA) is 121 Å². The Morgan fingerprint density at radius 1 is 1.56 bits per heavy atom. The predicted octanol–water partition coefficient (Wildman–Crippen LogP) is -0.989. The summed E-state index contributed by atoms with van der Waals surface area (Å²) < 4.78 is 4.30. The molecule has 0 aromatic carbocycles. The van der Waals surface area contributed by atoms with Gasteiger partial charge in [-0.05, 0) is 0 Å².